The predicted molar refractivity (Wildman–Crippen MR) is 84.7 cm³/mol. The molecule has 4 heterocycles. The molecule has 4 bridgehead atoms. The van der Waals surface area contributed by atoms with Crippen molar-refractivity contribution in [1.29, 1.82) is 0 Å². The third-order valence-corrected chi connectivity index (χ3v) is 7.29. The summed E-state index contributed by atoms with van der Waals surface area (Å²) in [5, 5.41) is 0. The first kappa shape index (κ1) is 11.5. The Hall–Kier alpha value is 0.390. The van der Waals surface area contributed by atoms with Crippen molar-refractivity contribution >= 4 is 40.3 Å². The molecule has 4 saturated heterocycles. The zero-order valence-electron chi connectivity index (χ0n) is 11.8. The number of rotatable bonds is 0. The lowest BCUT2D eigenvalue weighted by molar-refractivity contribution is 1.17. The lowest BCUT2D eigenvalue weighted by Gasteiger charge is -2.64. The Kier molecular flexibility index (Phi) is 2.48. The monoisotopic (exact) mass is 208 g/mol. The van der Waals surface area contributed by atoms with Crippen molar-refractivity contribution in [2.45, 2.75) is 63.4 Å². The molecular weight excluding hydrogens is 185 g/mol. The lowest BCUT2D eigenvalue weighted by atomic mass is 8.70. The first-order valence-electron chi connectivity index (χ1n) is 7.46. The van der Waals surface area contributed by atoms with Crippen molar-refractivity contribution in [2.24, 2.45) is 0 Å². The fourth-order valence-electron chi connectivity index (χ4n) is 7.29. The molecule has 4 aliphatic heterocycles. The Morgan fingerprint density at radius 2 is 0.500 bits per heavy atom. The van der Waals surface area contributed by atoms with Crippen molar-refractivity contribution < 1.29 is 0 Å². The minimum atomic E-state index is 0.981. The fraction of sp³-hybridized carbons (Fsp3) is 1.00. The van der Waals surface area contributed by atoms with Crippen LogP contribution >= 0.6 is 0 Å². The van der Waals surface area contributed by atoms with Gasteiger partial charge in [0.25, 0.3) is 0 Å². The molecule has 0 spiro atoms. The molecule has 16 heavy (non-hydrogen) atoms. The molecule has 0 nitrogen and oxygen atoms in total. The molecule has 0 radical (unpaired) electrons. The highest BCUT2D eigenvalue weighted by atomic mass is 14.1. The van der Waals surface area contributed by atoms with E-state index in [4.69, 9.17) is 0 Å². The van der Waals surface area contributed by atoms with Crippen LogP contribution in [0.4, 0.5) is 0 Å². The second-order valence-corrected chi connectivity index (χ2v) is 7.46. The average Bonchev–Trinajstić information content (AvgIpc) is 2.14. The van der Waals surface area contributed by atoms with Crippen LogP contribution in [0.25, 0.3) is 0 Å². The van der Waals surface area contributed by atoms with E-state index < -0.39 is 0 Å². The second-order valence-electron chi connectivity index (χ2n) is 7.46. The van der Waals surface area contributed by atoms with Gasteiger partial charge in [-0.25, -0.2) is 0 Å². The SMILES string of the molecule is CB1C2B(C)C3B(C)C1B(C)C(B2C)B3C. The average molecular weight is 207 g/mol. The molecule has 0 aromatic rings. The highest BCUT2D eigenvalue weighted by Gasteiger charge is 2.66. The molecule has 80 valence electrons. The Morgan fingerprint density at radius 3 is 0.625 bits per heavy atom. The molecule has 0 atom stereocenters. The molecule has 0 aromatic carbocycles. The van der Waals surface area contributed by atoms with Gasteiger partial charge in [0.15, 0.2) is 0 Å². The van der Waals surface area contributed by atoms with E-state index >= 15 is 0 Å². The van der Waals surface area contributed by atoms with E-state index in [1.54, 1.807) is 0 Å². The van der Waals surface area contributed by atoms with Crippen LogP contribution in [0.2, 0.25) is 63.4 Å². The summed E-state index contributed by atoms with van der Waals surface area (Å²) in [6, 6.07) is 0. The molecule has 0 aliphatic carbocycles. The van der Waals surface area contributed by atoms with Gasteiger partial charge >= 0.3 is 0 Å². The quantitative estimate of drug-likeness (QED) is 0.535. The molecule has 6 heteroatoms. The standard InChI is InChI=1S/C10H22B6/c1-11-7-12(2)9-14(4)8(11)15(5)10(13(7)3)16(9)6/h7-10H,1-6H3. The van der Waals surface area contributed by atoms with Crippen molar-refractivity contribution in [3.8, 4) is 0 Å². The van der Waals surface area contributed by atoms with Crippen molar-refractivity contribution in [3.63, 3.8) is 0 Å². The summed E-state index contributed by atoms with van der Waals surface area (Å²) in [4.78, 5) is 0. The van der Waals surface area contributed by atoms with Crippen LogP contribution in [0, 0.1) is 0 Å². The minimum Gasteiger partial charge on any atom is -0.107 e. The second kappa shape index (κ2) is 3.45. The number of hydrogen-bond acceptors (Lipinski definition) is 0. The van der Waals surface area contributed by atoms with E-state index in [2.05, 4.69) is 40.9 Å². The number of hydrogen-bond donors (Lipinski definition) is 0. The van der Waals surface area contributed by atoms with E-state index in [0.29, 0.717) is 0 Å². The van der Waals surface area contributed by atoms with Gasteiger partial charge in [-0.2, -0.15) is 0 Å². The largest absolute Gasteiger partial charge is 0.113 e. The Balaban J connectivity index is 2.07. The van der Waals surface area contributed by atoms with Gasteiger partial charge in [-0.15, -0.1) is 22.5 Å². The van der Waals surface area contributed by atoms with Crippen LogP contribution < -0.4 is 0 Å². The van der Waals surface area contributed by atoms with Crippen LogP contribution in [0.15, 0.2) is 0 Å². The van der Waals surface area contributed by atoms with Crippen LogP contribution in [0.5, 0.6) is 0 Å². The predicted octanol–water partition coefficient (Wildman–Crippen LogP) is 2.57. The van der Waals surface area contributed by atoms with Gasteiger partial charge in [0.1, 0.15) is 40.3 Å². The Labute approximate surface area is 104 Å². The zero-order chi connectivity index (χ0) is 11.8. The molecule has 0 unspecified atom stereocenters. The third-order valence-electron chi connectivity index (χ3n) is 7.29. The lowest BCUT2D eigenvalue weighted by Crippen LogP contribution is -2.74. The molecule has 0 aromatic heterocycles. The molecule has 0 saturated carbocycles. The van der Waals surface area contributed by atoms with Crippen LogP contribution in [-0.4, -0.2) is 40.3 Å². The zero-order valence-corrected chi connectivity index (χ0v) is 11.8. The molecule has 0 N–H and O–H groups in total. The molecule has 0 amide bonds. The maximum atomic E-state index is 2.55. The maximum Gasteiger partial charge on any atom is 0.113 e. The topological polar surface area (TPSA) is 0 Å². The van der Waals surface area contributed by atoms with E-state index in [9.17, 15) is 0 Å². The molecular formula is C10H22B6. The van der Waals surface area contributed by atoms with Gasteiger partial charge in [-0.05, 0) is 0 Å². The van der Waals surface area contributed by atoms with E-state index in [1.807, 2.05) is 0 Å². The highest BCUT2D eigenvalue weighted by Crippen LogP contribution is 2.59. The van der Waals surface area contributed by atoms with Crippen LogP contribution in [0.1, 0.15) is 0 Å². The normalized spacial score (nSPS) is 41.6. The molecule has 4 fully saturated rings. The summed E-state index contributed by atoms with van der Waals surface area (Å²) in [5.41, 5.74) is 4.12. The maximum absolute atomic E-state index is 2.55. The highest BCUT2D eigenvalue weighted by molar-refractivity contribution is 7.29. The smallest absolute Gasteiger partial charge is 0.107 e. The van der Waals surface area contributed by atoms with Crippen LogP contribution in [-0.2, 0) is 0 Å². The van der Waals surface area contributed by atoms with Gasteiger partial charge in [0.05, 0.1) is 0 Å². The van der Waals surface area contributed by atoms with Gasteiger partial charge in [0, 0.05) is 0 Å². The summed E-state index contributed by atoms with van der Waals surface area (Å²) in [6.45, 7) is 21.2. The van der Waals surface area contributed by atoms with Gasteiger partial charge in [0.2, 0.25) is 0 Å². The molecule has 4 aliphatic rings. The van der Waals surface area contributed by atoms with Crippen molar-refractivity contribution in [2.75, 3.05) is 0 Å². The summed E-state index contributed by atoms with van der Waals surface area (Å²) in [5.74, 6) is 0. The summed E-state index contributed by atoms with van der Waals surface area (Å²) in [6.07, 6.45) is 0. The van der Waals surface area contributed by atoms with E-state index in [-0.39, 0.29) is 0 Å². The van der Waals surface area contributed by atoms with Crippen molar-refractivity contribution in [1.82, 2.24) is 0 Å². The van der Waals surface area contributed by atoms with E-state index in [0.717, 1.165) is 62.7 Å². The molecule has 4 rings (SSSR count). The first-order valence-corrected chi connectivity index (χ1v) is 7.46. The summed E-state index contributed by atoms with van der Waals surface area (Å²) in [7, 11) is 0. The van der Waals surface area contributed by atoms with Gasteiger partial charge in [-0.3, -0.25) is 0 Å². The van der Waals surface area contributed by atoms with Gasteiger partial charge in [-0.1, -0.05) is 40.9 Å². The van der Waals surface area contributed by atoms with Crippen LogP contribution in [0.3, 0.4) is 0 Å². The van der Waals surface area contributed by atoms with Crippen molar-refractivity contribution in [3.05, 3.63) is 0 Å². The first-order chi connectivity index (χ1) is 7.46. The summed E-state index contributed by atoms with van der Waals surface area (Å²) < 4.78 is 0. The third kappa shape index (κ3) is 1.10. The fourth-order valence-corrected chi connectivity index (χ4v) is 7.29. The van der Waals surface area contributed by atoms with Gasteiger partial charge < -0.3 is 0 Å². The summed E-state index contributed by atoms with van der Waals surface area (Å²) >= 11 is 0. The minimum absolute atomic E-state index is 0.981. The Morgan fingerprint density at radius 1 is 0.375 bits per heavy atom. The van der Waals surface area contributed by atoms with E-state index in [1.165, 1.54) is 0 Å². The Bertz CT molecular complexity index is 208.